The summed E-state index contributed by atoms with van der Waals surface area (Å²) in [5, 5.41) is 10.2. The monoisotopic (exact) mass is 536 g/mol. The van der Waals surface area contributed by atoms with Gasteiger partial charge in [-0.15, -0.1) is 24.0 Å². The molecule has 1 aromatic heterocycles. The molecule has 9 heteroatoms. The number of benzene rings is 1. The molecule has 1 aliphatic heterocycles. The second-order valence-electron chi connectivity index (χ2n) is 6.05. The average Bonchev–Trinajstić information content (AvgIpc) is 3.16. The summed E-state index contributed by atoms with van der Waals surface area (Å²) in [7, 11) is 0. The average molecular weight is 537 g/mol. The quantitative estimate of drug-likeness (QED) is 0.355. The molecule has 6 nitrogen and oxygen atoms in total. The van der Waals surface area contributed by atoms with Gasteiger partial charge in [0.25, 0.3) is 0 Å². The maximum Gasteiger partial charge on any atom is 0.194 e. The van der Waals surface area contributed by atoms with Crippen LogP contribution in [0.15, 0.2) is 34.0 Å². The largest absolute Gasteiger partial charge is 0.357 e. The first-order valence-corrected chi connectivity index (χ1v) is 9.29. The number of likely N-dealkylation sites (tertiary alicyclic amines) is 1. The number of halogens is 3. The number of nitrogens with one attached hydrogen (secondary N) is 2. The molecule has 142 valence electrons. The number of piperidine rings is 1. The molecular formula is C17H23BrFIN6. The number of nitrogens with zero attached hydrogens (tertiary/aromatic N) is 4. The van der Waals surface area contributed by atoms with E-state index in [1.807, 2.05) is 6.07 Å². The molecule has 2 heterocycles. The van der Waals surface area contributed by atoms with Gasteiger partial charge in [0.05, 0.1) is 11.0 Å². The van der Waals surface area contributed by atoms with Gasteiger partial charge in [0.1, 0.15) is 18.0 Å². The van der Waals surface area contributed by atoms with Crippen molar-refractivity contribution in [3.05, 3.63) is 46.2 Å². The van der Waals surface area contributed by atoms with Gasteiger partial charge in [-0.2, -0.15) is 5.10 Å². The Morgan fingerprint density at radius 2 is 2.19 bits per heavy atom. The summed E-state index contributed by atoms with van der Waals surface area (Å²) in [6, 6.07) is 5.12. The van der Waals surface area contributed by atoms with E-state index in [0.717, 1.165) is 49.8 Å². The first kappa shape index (κ1) is 21.1. The molecule has 0 bridgehead atoms. The number of aromatic amines is 1. The van der Waals surface area contributed by atoms with Crippen LogP contribution in [-0.4, -0.2) is 45.7 Å². The number of H-pyrrole nitrogens is 1. The number of aliphatic imine (C=N–C) groups is 1. The van der Waals surface area contributed by atoms with Crippen molar-refractivity contribution in [2.45, 2.75) is 32.2 Å². The van der Waals surface area contributed by atoms with E-state index in [1.165, 1.54) is 6.07 Å². The number of rotatable bonds is 4. The molecule has 2 aromatic rings. The van der Waals surface area contributed by atoms with Crippen LogP contribution < -0.4 is 5.32 Å². The lowest BCUT2D eigenvalue weighted by Crippen LogP contribution is -2.45. The summed E-state index contributed by atoms with van der Waals surface area (Å²) < 4.78 is 14.1. The van der Waals surface area contributed by atoms with Gasteiger partial charge >= 0.3 is 0 Å². The van der Waals surface area contributed by atoms with Crippen molar-refractivity contribution in [1.82, 2.24) is 25.4 Å². The van der Waals surface area contributed by atoms with Gasteiger partial charge in [-0.25, -0.2) is 14.4 Å². The van der Waals surface area contributed by atoms with Crippen LogP contribution in [0, 0.1) is 5.82 Å². The predicted molar refractivity (Wildman–Crippen MR) is 114 cm³/mol. The molecule has 2 N–H and O–H groups in total. The standard InChI is InChI=1S/C17H22BrFN6.HI/c1-2-20-17(21-10-12-3-4-14(18)15(19)9-12)25-7-5-13(6-8-25)16-22-11-23-24-16;/h3-4,9,11,13H,2,5-8,10H2,1H3,(H,20,21)(H,22,23,24);1H. The van der Waals surface area contributed by atoms with Crippen LogP contribution in [0.1, 0.15) is 37.1 Å². The SMILES string of the molecule is CCNC(=NCc1ccc(Br)c(F)c1)N1CCC(c2ncn[nH]2)CC1.I. The molecule has 26 heavy (non-hydrogen) atoms. The topological polar surface area (TPSA) is 69.2 Å². The van der Waals surface area contributed by atoms with Crippen LogP contribution in [-0.2, 0) is 6.54 Å². The highest BCUT2D eigenvalue weighted by molar-refractivity contribution is 14.0. The lowest BCUT2D eigenvalue weighted by atomic mass is 9.96. The minimum absolute atomic E-state index is 0. The van der Waals surface area contributed by atoms with Gasteiger partial charge in [-0.3, -0.25) is 5.10 Å². The fourth-order valence-corrected chi connectivity index (χ4v) is 3.25. The first-order valence-electron chi connectivity index (χ1n) is 8.49. The second kappa shape index (κ2) is 10.2. The second-order valence-corrected chi connectivity index (χ2v) is 6.90. The third-order valence-electron chi connectivity index (χ3n) is 4.35. The van der Waals surface area contributed by atoms with E-state index in [-0.39, 0.29) is 29.8 Å². The Kier molecular flexibility index (Phi) is 8.26. The molecule has 0 amide bonds. The summed E-state index contributed by atoms with van der Waals surface area (Å²) in [5.74, 6) is 2.00. The Morgan fingerprint density at radius 3 is 2.81 bits per heavy atom. The molecular weight excluding hydrogens is 514 g/mol. The normalized spacial score (nSPS) is 15.7. The lowest BCUT2D eigenvalue weighted by Gasteiger charge is -2.33. The molecule has 1 aromatic carbocycles. The van der Waals surface area contributed by atoms with Gasteiger partial charge in [-0.05, 0) is 53.4 Å². The molecule has 0 aliphatic carbocycles. The van der Waals surface area contributed by atoms with E-state index in [1.54, 1.807) is 12.4 Å². The minimum Gasteiger partial charge on any atom is -0.357 e. The molecule has 0 unspecified atom stereocenters. The Labute approximate surface area is 178 Å². The molecule has 3 rings (SSSR count). The summed E-state index contributed by atoms with van der Waals surface area (Å²) >= 11 is 3.18. The van der Waals surface area contributed by atoms with Gasteiger partial charge in [0.15, 0.2) is 5.96 Å². The van der Waals surface area contributed by atoms with E-state index in [0.29, 0.717) is 16.9 Å². The smallest absolute Gasteiger partial charge is 0.194 e. The number of aromatic nitrogens is 3. The Morgan fingerprint density at radius 1 is 1.42 bits per heavy atom. The van der Waals surface area contributed by atoms with E-state index in [2.05, 4.69) is 53.2 Å². The third-order valence-corrected chi connectivity index (χ3v) is 4.99. The molecule has 0 radical (unpaired) electrons. The van der Waals surface area contributed by atoms with Crippen molar-refractivity contribution in [3.63, 3.8) is 0 Å². The van der Waals surface area contributed by atoms with Gasteiger partial charge in [0.2, 0.25) is 0 Å². The molecule has 0 saturated carbocycles. The van der Waals surface area contributed by atoms with Gasteiger partial charge in [0, 0.05) is 25.6 Å². The molecule has 1 fully saturated rings. The molecule has 0 spiro atoms. The summed E-state index contributed by atoms with van der Waals surface area (Å²) in [5.41, 5.74) is 0.854. The molecule has 1 saturated heterocycles. The van der Waals surface area contributed by atoms with Crippen LogP contribution in [0.3, 0.4) is 0 Å². The number of hydrogen-bond acceptors (Lipinski definition) is 3. The van der Waals surface area contributed by atoms with Crippen molar-refractivity contribution >= 4 is 45.9 Å². The Balaban J connectivity index is 0.00000243. The fraction of sp³-hybridized carbons (Fsp3) is 0.471. The predicted octanol–water partition coefficient (Wildman–Crippen LogP) is 3.67. The highest BCUT2D eigenvalue weighted by Crippen LogP contribution is 2.25. The van der Waals surface area contributed by atoms with Crippen molar-refractivity contribution in [3.8, 4) is 0 Å². The van der Waals surface area contributed by atoms with Crippen molar-refractivity contribution in [2.24, 2.45) is 4.99 Å². The van der Waals surface area contributed by atoms with Crippen molar-refractivity contribution in [1.29, 1.82) is 0 Å². The fourth-order valence-electron chi connectivity index (χ4n) is 3.01. The van der Waals surface area contributed by atoms with E-state index < -0.39 is 0 Å². The highest BCUT2D eigenvalue weighted by Gasteiger charge is 2.24. The maximum absolute atomic E-state index is 13.6. The third kappa shape index (κ3) is 5.38. The number of hydrogen-bond donors (Lipinski definition) is 2. The van der Waals surface area contributed by atoms with Gasteiger partial charge < -0.3 is 10.2 Å². The summed E-state index contributed by atoms with van der Waals surface area (Å²) in [4.78, 5) is 11.2. The highest BCUT2D eigenvalue weighted by atomic mass is 127. The van der Waals surface area contributed by atoms with Crippen LogP contribution >= 0.6 is 39.9 Å². The van der Waals surface area contributed by atoms with Crippen LogP contribution in [0.2, 0.25) is 0 Å². The first-order chi connectivity index (χ1) is 12.2. The van der Waals surface area contributed by atoms with Crippen LogP contribution in [0.4, 0.5) is 4.39 Å². The lowest BCUT2D eigenvalue weighted by molar-refractivity contribution is 0.299. The summed E-state index contributed by atoms with van der Waals surface area (Å²) in [6.45, 7) is 5.12. The van der Waals surface area contributed by atoms with E-state index >= 15 is 0 Å². The van der Waals surface area contributed by atoms with E-state index in [9.17, 15) is 4.39 Å². The zero-order valence-corrected chi connectivity index (χ0v) is 18.5. The zero-order valence-electron chi connectivity index (χ0n) is 14.6. The Hall–Kier alpha value is -1.23. The maximum atomic E-state index is 13.6. The number of guanidine groups is 1. The summed E-state index contributed by atoms with van der Waals surface area (Å²) in [6.07, 6.45) is 3.57. The van der Waals surface area contributed by atoms with E-state index in [4.69, 9.17) is 0 Å². The zero-order chi connectivity index (χ0) is 17.6. The van der Waals surface area contributed by atoms with Crippen molar-refractivity contribution in [2.75, 3.05) is 19.6 Å². The van der Waals surface area contributed by atoms with Crippen LogP contribution in [0.5, 0.6) is 0 Å². The van der Waals surface area contributed by atoms with Crippen molar-refractivity contribution < 1.29 is 4.39 Å². The van der Waals surface area contributed by atoms with Crippen LogP contribution in [0.25, 0.3) is 0 Å². The minimum atomic E-state index is -0.259. The molecule has 1 aliphatic rings. The Bertz CT molecular complexity index is 716. The van der Waals surface area contributed by atoms with Gasteiger partial charge in [-0.1, -0.05) is 6.07 Å². The molecule has 0 atom stereocenters.